The average Bonchev–Trinajstić information content (AvgIpc) is 2.68. The fraction of sp³-hybridized carbons (Fsp3) is 0.556. The van der Waals surface area contributed by atoms with Crippen LogP contribution in [0.2, 0.25) is 0 Å². The Bertz CT molecular complexity index is 329. The van der Waals surface area contributed by atoms with Gasteiger partial charge in [0, 0.05) is 5.92 Å². The third-order valence-electron chi connectivity index (χ3n) is 2.46. The van der Waals surface area contributed by atoms with Crippen LogP contribution in [0.25, 0.3) is 0 Å². The maximum absolute atomic E-state index is 10.8. The standard InChI is InChI=1S/C9H13N3O2/c10-8(13)7-5-14-9(12-7)6-1-3-11-4-2-6/h5-6,11H,1-4H2,(H2,10,13). The topological polar surface area (TPSA) is 81.2 Å². The molecule has 1 fully saturated rings. The molecule has 2 rings (SSSR count). The normalized spacial score (nSPS) is 18.3. The fourth-order valence-electron chi connectivity index (χ4n) is 1.66. The SMILES string of the molecule is NC(=O)c1coc(C2CCNCC2)n1. The molecular weight excluding hydrogens is 182 g/mol. The molecule has 0 aliphatic carbocycles. The van der Waals surface area contributed by atoms with Crippen LogP contribution in [-0.2, 0) is 0 Å². The molecule has 14 heavy (non-hydrogen) atoms. The van der Waals surface area contributed by atoms with Crippen molar-refractivity contribution in [1.82, 2.24) is 10.3 Å². The molecule has 0 saturated carbocycles. The second-order valence-electron chi connectivity index (χ2n) is 3.46. The minimum absolute atomic E-state index is 0.221. The molecule has 0 radical (unpaired) electrons. The number of hydrogen-bond acceptors (Lipinski definition) is 4. The first kappa shape index (κ1) is 9.21. The largest absolute Gasteiger partial charge is 0.448 e. The number of oxazole rings is 1. The summed E-state index contributed by atoms with van der Waals surface area (Å²) < 4.78 is 5.23. The number of primary amides is 1. The van der Waals surface area contributed by atoms with E-state index in [0.29, 0.717) is 11.8 Å². The minimum atomic E-state index is -0.533. The molecule has 1 aromatic rings. The number of rotatable bonds is 2. The Balaban J connectivity index is 2.11. The second kappa shape index (κ2) is 3.79. The van der Waals surface area contributed by atoms with Gasteiger partial charge in [-0.25, -0.2) is 4.98 Å². The van der Waals surface area contributed by atoms with E-state index < -0.39 is 5.91 Å². The molecule has 0 bridgehead atoms. The number of aromatic nitrogens is 1. The molecule has 76 valence electrons. The zero-order chi connectivity index (χ0) is 9.97. The summed E-state index contributed by atoms with van der Waals surface area (Å²) in [6, 6.07) is 0. The van der Waals surface area contributed by atoms with Crippen LogP contribution >= 0.6 is 0 Å². The van der Waals surface area contributed by atoms with Crippen LogP contribution in [0.15, 0.2) is 10.7 Å². The monoisotopic (exact) mass is 195 g/mol. The summed E-state index contributed by atoms with van der Waals surface area (Å²) in [7, 11) is 0. The van der Waals surface area contributed by atoms with Gasteiger partial charge in [-0.3, -0.25) is 4.79 Å². The van der Waals surface area contributed by atoms with Crippen LogP contribution < -0.4 is 11.1 Å². The van der Waals surface area contributed by atoms with Gasteiger partial charge in [0.05, 0.1) is 0 Å². The van der Waals surface area contributed by atoms with E-state index in [2.05, 4.69) is 10.3 Å². The summed E-state index contributed by atoms with van der Waals surface area (Å²) in [4.78, 5) is 14.8. The van der Waals surface area contributed by atoms with Gasteiger partial charge in [-0.2, -0.15) is 0 Å². The van der Waals surface area contributed by atoms with E-state index in [0.717, 1.165) is 25.9 Å². The van der Waals surface area contributed by atoms with E-state index in [1.807, 2.05) is 0 Å². The van der Waals surface area contributed by atoms with E-state index in [-0.39, 0.29) is 5.69 Å². The van der Waals surface area contributed by atoms with Crippen molar-refractivity contribution in [1.29, 1.82) is 0 Å². The van der Waals surface area contributed by atoms with E-state index in [4.69, 9.17) is 10.2 Å². The molecule has 1 aromatic heterocycles. The van der Waals surface area contributed by atoms with Crippen molar-refractivity contribution in [2.24, 2.45) is 5.73 Å². The molecule has 5 heteroatoms. The number of hydrogen-bond donors (Lipinski definition) is 2. The van der Waals surface area contributed by atoms with Gasteiger partial charge in [0.2, 0.25) is 0 Å². The summed E-state index contributed by atoms with van der Waals surface area (Å²) in [5.41, 5.74) is 5.30. The smallest absolute Gasteiger partial charge is 0.270 e. The molecule has 1 amide bonds. The Morgan fingerprint density at radius 1 is 1.57 bits per heavy atom. The fourth-order valence-corrected chi connectivity index (χ4v) is 1.66. The molecule has 1 aliphatic rings. The summed E-state index contributed by atoms with van der Waals surface area (Å²) >= 11 is 0. The van der Waals surface area contributed by atoms with E-state index in [9.17, 15) is 4.79 Å². The van der Waals surface area contributed by atoms with Crippen LogP contribution in [0.4, 0.5) is 0 Å². The molecule has 2 heterocycles. The molecular formula is C9H13N3O2. The van der Waals surface area contributed by atoms with Crippen molar-refractivity contribution in [3.63, 3.8) is 0 Å². The van der Waals surface area contributed by atoms with E-state index in [1.165, 1.54) is 6.26 Å². The maximum Gasteiger partial charge on any atom is 0.270 e. The number of nitrogens with two attached hydrogens (primary N) is 1. The molecule has 1 aliphatic heterocycles. The van der Waals surface area contributed by atoms with Gasteiger partial charge in [0.1, 0.15) is 6.26 Å². The summed E-state index contributed by atoms with van der Waals surface area (Å²) in [6.07, 6.45) is 3.33. The lowest BCUT2D eigenvalue weighted by molar-refractivity contribution is 0.0995. The van der Waals surface area contributed by atoms with Crippen LogP contribution in [-0.4, -0.2) is 24.0 Å². The average molecular weight is 195 g/mol. The first-order valence-electron chi connectivity index (χ1n) is 4.73. The van der Waals surface area contributed by atoms with Gasteiger partial charge in [-0.1, -0.05) is 0 Å². The zero-order valence-corrected chi connectivity index (χ0v) is 7.82. The van der Waals surface area contributed by atoms with Crippen molar-refractivity contribution in [3.05, 3.63) is 17.8 Å². The van der Waals surface area contributed by atoms with Crippen molar-refractivity contribution in [2.45, 2.75) is 18.8 Å². The second-order valence-corrected chi connectivity index (χ2v) is 3.46. The summed E-state index contributed by atoms with van der Waals surface area (Å²) in [5.74, 6) is 0.429. The number of amides is 1. The third-order valence-corrected chi connectivity index (χ3v) is 2.46. The van der Waals surface area contributed by atoms with Gasteiger partial charge < -0.3 is 15.5 Å². The highest BCUT2D eigenvalue weighted by Crippen LogP contribution is 2.24. The first-order valence-corrected chi connectivity index (χ1v) is 4.73. The van der Waals surface area contributed by atoms with Gasteiger partial charge in [0.15, 0.2) is 11.6 Å². The zero-order valence-electron chi connectivity index (χ0n) is 7.82. The molecule has 5 nitrogen and oxygen atoms in total. The lowest BCUT2D eigenvalue weighted by Crippen LogP contribution is -2.26. The lowest BCUT2D eigenvalue weighted by Gasteiger charge is -2.19. The van der Waals surface area contributed by atoms with Gasteiger partial charge in [0.25, 0.3) is 5.91 Å². The van der Waals surface area contributed by atoms with Crippen molar-refractivity contribution in [2.75, 3.05) is 13.1 Å². The highest BCUT2D eigenvalue weighted by atomic mass is 16.3. The van der Waals surface area contributed by atoms with Crippen molar-refractivity contribution < 1.29 is 9.21 Å². The number of nitrogens with one attached hydrogen (secondary N) is 1. The number of carbonyl (C=O) groups excluding carboxylic acids is 1. The lowest BCUT2D eigenvalue weighted by atomic mass is 9.98. The summed E-state index contributed by atoms with van der Waals surface area (Å²) in [6.45, 7) is 1.94. The molecule has 0 aromatic carbocycles. The van der Waals surface area contributed by atoms with Gasteiger partial charge in [-0.05, 0) is 25.9 Å². The van der Waals surface area contributed by atoms with Gasteiger partial charge >= 0.3 is 0 Å². The number of nitrogens with zero attached hydrogens (tertiary/aromatic N) is 1. The molecule has 0 atom stereocenters. The Morgan fingerprint density at radius 3 is 2.86 bits per heavy atom. The van der Waals surface area contributed by atoms with Crippen LogP contribution in [0.5, 0.6) is 0 Å². The highest BCUT2D eigenvalue weighted by Gasteiger charge is 2.20. The summed E-state index contributed by atoms with van der Waals surface area (Å²) in [5, 5.41) is 3.25. The number of piperidine rings is 1. The predicted molar refractivity (Wildman–Crippen MR) is 49.9 cm³/mol. The van der Waals surface area contributed by atoms with Crippen LogP contribution in [0, 0.1) is 0 Å². The Labute approximate surface area is 81.7 Å². The molecule has 1 saturated heterocycles. The first-order chi connectivity index (χ1) is 6.77. The van der Waals surface area contributed by atoms with E-state index >= 15 is 0 Å². The third kappa shape index (κ3) is 1.77. The van der Waals surface area contributed by atoms with Crippen LogP contribution in [0.1, 0.15) is 35.1 Å². The molecule has 0 unspecified atom stereocenters. The van der Waals surface area contributed by atoms with Crippen molar-refractivity contribution in [3.8, 4) is 0 Å². The van der Waals surface area contributed by atoms with Crippen LogP contribution in [0.3, 0.4) is 0 Å². The predicted octanol–water partition coefficient (Wildman–Crippen LogP) is 0.240. The Morgan fingerprint density at radius 2 is 2.29 bits per heavy atom. The van der Waals surface area contributed by atoms with Crippen molar-refractivity contribution >= 4 is 5.91 Å². The molecule has 3 N–H and O–H groups in total. The quantitative estimate of drug-likeness (QED) is 0.708. The Hall–Kier alpha value is -1.36. The maximum atomic E-state index is 10.8. The minimum Gasteiger partial charge on any atom is -0.448 e. The van der Waals surface area contributed by atoms with E-state index in [1.54, 1.807) is 0 Å². The highest BCUT2D eigenvalue weighted by molar-refractivity contribution is 5.90. The van der Waals surface area contributed by atoms with Gasteiger partial charge in [-0.15, -0.1) is 0 Å². The molecule has 0 spiro atoms. The number of carbonyl (C=O) groups is 1. The Kier molecular flexibility index (Phi) is 2.49.